The van der Waals surface area contributed by atoms with Gasteiger partial charge in [-0.25, -0.2) is 14.9 Å². The fraction of sp³-hybridized carbons (Fsp3) is 0.455. The van der Waals surface area contributed by atoms with E-state index in [2.05, 4.69) is 58.0 Å². The van der Waals surface area contributed by atoms with E-state index in [1.165, 1.54) is 0 Å². The lowest BCUT2D eigenvalue weighted by molar-refractivity contribution is -0.820. The van der Waals surface area contributed by atoms with Crippen LogP contribution >= 0.6 is 0 Å². The van der Waals surface area contributed by atoms with Gasteiger partial charge in [0.2, 0.25) is 0 Å². The van der Waals surface area contributed by atoms with Gasteiger partial charge in [-0.05, 0) is 25.0 Å². The first-order valence-corrected chi connectivity index (χ1v) is 11.0. The molecule has 4 N–H and O–H groups in total. The largest absolute Gasteiger partial charge is 0.360 e. The van der Waals surface area contributed by atoms with Crippen molar-refractivity contribution in [2.45, 2.75) is 39.7 Å². The number of anilines is 1. The number of fused-ring (bicyclic) bond motifs is 1. The Labute approximate surface area is 181 Å². The summed E-state index contributed by atoms with van der Waals surface area (Å²) in [5, 5.41) is 1.93. The first-order chi connectivity index (χ1) is 15.0. The van der Waals surface area contributed by atoms with E-state index >= 15 is 0 Å². The standard InChI is InChI=1S/C22H29N7O2/c1-4-17(5-2)29-20-19(25-22(29)31)14-23-21(26-20)24-16-6-8-18(9-7-16)28-12-10-27(11-13-28)15(3)30/h6-9,14,17H,4-5,10-13H2,1-3H3,(H,25,31)(H,23,24,26)/p+2. The number of nitrogens with one attached hydrogen (secondary N) is 2. The van der Waals surface area contributed by atoms with Gasteiger partial charge < -0.3 is 9.88 Å². The molecule has 9 nitrogen and oxygen atoms in total. The summed E-state index contributed by atoms with van der Waals surface area (Å²) < 4.78 is 1.75. The lowest BCUT2D eigenvalue weighted by Gasteiger charge is -2.31. The van der Waals surface area contributed by atoms with Gasteiger partial charge >= 0.3 is 17.5 Å². The zero-order valence-electron chi connectivity index (χ0n) is 18.4. The highest BCUT2D eigenvalue weighted by Gasteiger charge is 2.23. The van der Waals surface area contributed by atoms with Crippen molar-refractivity contribution >= 4 is 34.4 Å². The lowest BCUT2D eigenvalue weighted by atomic mass is 10.2. The molecule has 9 heteroatoms. The van der Waals surface area contributed by atoms with Crippen molar-refractivity contribution in [2.24, 2.45) is 0 Å². The molecule has 0 spiro atoms. The fourth-order valence-electron chi connectivity index (χ4n) is 4.31. The first kappa shape index (κ1) is 21.2. The molecule has 1 aliphatic rings. The van der Waals surface area contributed by atoms with Gasteiger partial charge in [0.15, 0.2) is 5.65 Å². The Balaban J connectivity index is 1.50. The van der Waals surface area contributed by atoms with Crippen LogP contribution < -0.4 is 20.8 Å². The number of nitrogens with zero attached hydrogens (tertiary/aromatic N) is 4. The van der Waals surface area contributed by atoms with E-state index in [0.29, 0.717) is 17.1 Å². The zero-order valence-corrected chi connectivity index (χ0v) is 18.4. The average molecular weight is 426 g/mol. The molecule has 1 saturated heterocycles. The molecule has 0 atom stereocenters. The molecule has 31 heavy (non-hydrogen) atoms. The topological polar surface area (TPSA) is 105 Å². The van der Waals surface area contributed by atoms with Gasteiger partial charge in [0.05, 0.1) is 26.2 Å². The molecular formula is C22H31N7O2+2. The smallest absolute Gasteiger partial charge is 0.332 e. The van der Waals surface area contributed by atoms with E-state index in [-0.39, 0.29) is 17.6 Å². The SMILES string of the molecule is CCC(CC)n1c(=O)[nH]c2cnc([NH2+]c3ccc(N4CC[NH+](C(C)=O)CC4)cc3)nc21. The third kappa shape index (κ3) is 4.38. The highest BCUT2D eigenvalue weighted by Crippen LogP contribution is 2.19. The van der Waals surface area contributed by atoms with Crippen LogP contribution in [0.1, 0.15) is 39.7 Å². The van der Waals surface area contributed by atoms with E-state index in [0.717, 1.165) is 55.3 Å². The van der Waals surface area contributed by atoms with Crippen LogP contribution in [0, 0.1) is 0 Å². The first-order valence-electron chi connectivity index (χ1n) is 11.0. The molecule has 2 aromatic heterocycles. The molecule has 1 aliphatic heterocycles. The Hall–Kier alpha value is -3.04. The lowest BCUT2D eigenvalue weighted by Crippen LogP contribution is -3.16. The number of hydrogen-bond acceptors (Lipinski definition) is 5. The van der Waals surface area contributed by atoms with Gasteiger partial charge in [0, 0.05) is 23.9 Å². The van der Waals surface area contributed by atoms with Crippen molar-refractivity contribution < 1.29 is 15.0 Å². The number of aromatic nitrogens is 4. The second kappa shape index (κ2) is 8.99. The van der Waals surface area contributed by atoms with Crippen LogP contribution in [0.5, 0.6) is 0 Å². The van der Waals surface area contributed by atoms with E-state index in [4.69, 9.17) is 0 Å². The Kier molecular flexibility index (Phi) is 6.15. The molecule has 164 valence electrons. The highest BCUT2D eigenvalue weighted by molar-refractivity contribution is 5.70. The minimum atomic E-state index is -0.133. The highest BCUT2D eigenvalue weighted by atomic mass is 16.2. The van der Waals surface area contributed by atoms with Gasteiger partial charge in [-0.3, -0.25) is 9.47 Å². The molecule has 4 rings (SSSR count). The molecule has 1 aromatic carbocycles. The van der Waals surface area contributed by atoms with E-state index in [1.54, 1.807) is 17.7 Å². The van der Waals surface area contributed by atoms with Crippen molar-refractivity contribution in [1.29, 1.82) is 0 Å². The van der Waals surface area contributed by atoms with Gasteiger partial charge in [-0.1, -0.05) is 13.8 Å². The Morgan fingerprint density at radius 2 is 1.87 bits per heavy atom. The van der Waals surface area contributed by atoms with Gasteiger partial charge in [0.25, 0.3) is 0 Å². The van der Waals surface area contributed by atoms with E-state index in [1.807, 2.05) is 5.32 Å². The summed E-state index contributed by atoms with van der Waals surface area (Å²) in [4.78, 5) is 39.3. The number of carbonyl (C=O) groups excluding carboxylic acids is 1. The maximum atomic E-state index is 12.4. The number of rotatable bonds is 6. The maximum absolute atomic E-state index is 12.4. The van der Waals surface area contributed by atoms with Gasteiger partial charge in [-0.2, -0.15) is 9.97 Å². The van der Waals surface area contributed by atoms with Crippen molar-refractivity contribution in [3.8, 4) is 0 Å². The maximum Gasteiger partial charge on any atom is 0.332 e. The van der Waals surface area contributed by atoms with Crippen LogP contribution in [0.3, 0.4) is 0 Å². The number of H-pyrrole nitrogens is 1. The number of nitrogens with two attached hydrogens (primary N) is 1. The second-order valence-electron chi connectivity index (χ2n) is 8.12. The van der Waals surface area contributed by atoms with Crippen molar-refractivity contribution in [3.63, 3.8) is 0 Å². The Morgan fingerprint density at radius 1 is 1.19 bits per heavy atom. The summed E-state index contributed by atoms with van der Waals surface area (Å²) in [5.41, 5.74) is 3.34. The van der Waals surface area contributed by atoms with E-state index in [9.17, 15) is 9.59 Å². The van der Waals surface area contributed by atoms with Crippen LogP contribution in [0.15, 0.2) is 35.3 Å². The van der Waals surface area contributed by atoms with Crippen LogP contribution in [0.2, 0.25) is 0 Å². The predicted octanol–water partition coefficient (Wildman–Crippen LogP) is 0.259. The minimum Gasteiger partial charge on any atom is -0.360 e. The number of hydrogen-bond donors (Lipinski definition) is 3. The van der Waals surface area contributed by atoms with Crippen LogP contribution in [-0.4, -0.2) is 51.6 Å². The molecular weight excluding hydrogens is 394 g/mol. The minimum absolute atomic E-state index is 0.119. The Bertz CT molecular complexity index is 1110. The molecule has 3 heterocycles. The number of imidazole rings is 1. The van der Waals surface area contributed by atoms with Crippen molar-refractivity contribution in [2.75, 3.05) is 31.1 Å². The molecule has 3 aromatic rings. The molecule has 0 radical (unpaired) electrons. The van der Waals surface area contributed by atoms with E-state index < -0.39 is 0 Å². The summed E-state index contributed by atoms with van der Waals surface area (Å²) in [6, 6.07) is 8.42. The average Bonchev–Trinajstić information content (AvgIpc) is 3.11. The van der Waals surface area contributed by atoms with Crippen LogP contribution in [0.4, 0.5) is 17.3 Å². The van der Waals surface area contributed by atoms with Crippen molar-refractivity contribution in [3.05, 3.63) is 40.9 Å². The summed E-state index contributed by atoms with van der Waals surface area (Å²) in [6.45, 7) is 9.25. The quantitative estimate of drug-likeness (QED) is 0.492. The predicted molar refractivity (Wildman–Crippen MR) is 119 cm³/mol. The number of aromatic amines is 1. The summed E-state index contributed by atoms with van der Waals surface area (Å²) >= 11 is 0. The van der Waals surface area contributed by atoms with Crippen molar-refractivity contribution in [1.82, 2.24) is 19.5 Å². The van der Waals surface area contributed by atoms with Gasteiger partial charge in [-0.15, -0.1) is 0 Å². The molecule has 0 aliphatic carbocycles. The Morgan fingerprint density at radius 3 is 2.48 bits per heavy atom. The number of amides is 1. The molecule has 0 unspecified atom stereocenters. The summed E-state index contributed by atoms with van der Waals surface area (Å²) in [7, 11) is 0. The fourth-order valence-corrected chi connectivity index (χ4v) is 4.31. The number of quaternary nitrogens is 2. The third-order valence-electron chi connectivity index (χ3n) is 6.20. The van der Waals surface area contributed by atoms with Gasteiger partial charge in [0.1, 0.15) is 24.3 Å². The number of benzene rings is 1. The monoisotopic (exact) mass is 425 g/mol. The summed E-state index contributed by atoms with van der Waals surface area (Å²) in [6.07, 6.45) is 3.42. The molecule has 0 bridgehead atoms. The number of piperazine rings is 1. The summed E-state index contributed by atoms with van der Waals surface area (Å²) in [5.74, 6) is 0.802. The normalized spacial score (nSPS) is 15.2. The number of carbonyl (C=O) groups is 1. The molecule has 0 saturated carbocycles. The third-order valence-corrected chi connectivity index (χ3v) is 6.20. The van der Waals surface area contributed by atoms with Crippen LogP contribution in [0.25, 0.3) is 11.2 Å². The zero-order chi connectivity index (χ0) is 22.0. The van der Waals surface area contributed by atoms with Crippen LogP contribution in [-0.2, 0) is 4.79 Å². The second-order valence-corrected chi connectivity index (χ2v) is 8.12. The molecule has 1 amide bonds. The molecule has 1 fully saturated rings.